The summed E-state index contributed by atoms with van der Waals surface area (Å²) in [6.45, 7) is 3.35. The zero-order valence-corrected chi connectivity index (χ0v) is 19.6. The maximum absolute atomic E-state index is 12.8. The highest BCUT2D eigenvalue weighted by Gasteiger charge is 2.37. The maximum atomic E-state index is 12.8. The van der Waals surface area contributed by atoms with Gasteiger partial charge in [-0.1, -0.05) is 11.8 Å². The van der Waals surface area contributed by atoms with E-state index in [0.29, 0.717) is 44.0 Å². The van der Waals surface area contributed by atoms with Gasteiger partial charge in [0.25, 0.3) is 0 Å². The Hall–Kier alpha value is -1.95. The highest BCUT2D eigenvalue weighted by atomic mass is 32.2. The molecule has 1 aromatic heterocycles. The van der Waals surface area contributed by atoms with Gasteiger partial charge in [0.15, 0.2) is 5.16 Å². The van der Waals surface area contributed by atoms with E-state index in [2.05, 4.69) is 20.1 Å². The third kappa shape index (κ3) is 4.57. The van der Waals surface area contributed by atoms with Crippen LogP contribution in [0.3, 0.4) is 0 Å². The van der Waals surface area contributed by atoms with Crippen LogP contribution in [0.4, 0.5) is 5.69 Å². The molecule has 1 aromatic carbocycles. The van der Waals surface area contributed by atoms with Crippen LogP contribution >= 0.6 is 11.8 Å². The summed E-state index contributed by atoms with van der Waals surface area (Å²) in [6, 6.07) is 6.79. The van der Waals surface area contributed by atoms with Crippen molar-refractivity contribution >= 4 is 33.4 Å². The Balaban J connectivity index is 1.22. The standard InChI is InChI=1S/C21H27N5O4S2/c1-14(31-21-24-23-19(15-2-3-15)26(21)17-6-7-17)20(27)22-16-4-8-18(9-5-16)32(28,29)25-10-12-30-13-11-25/h4-5,8-9,14-15,17H,2-3,6-7,10-13H2,1H3,(H,22,27). The van der Waals surface area contributed by atoms with Crippen LogP contribution in [-0.4, -0.2) is 64.9 Å². The van der Waals surface area contributed by atoms with Crippen LogP contribution in [-0.2, 0) is 19.6 Å². The molecule has 1 N–H and O–H groups in total. The summed E-state index contributed by atoms with van der Waals surface area (Å²) in [5.74, 6) is 1.44. The summed E-state index contributed by atoms with van der Waals surface area (Å²) >= 11 is 1.42. The number of nitrogens with zero attached hydrogens (tertiary/aromatic N) is 4. The summed E-state index contributed by atoms with van der Waals surface area (Å²) < 4.78 is 34.4. The van der Waals surface area contributed by atoms with E-state index in [9.17, 15) is 13.2 Å². The van der Waals surface area contributed by atoms with Gasteiger partial charge in [-0.2, -0.15) is 4.31 Å². The first-order valence-corrected chi connectivity index (χ1v) is 13.4. The molecular weight excluding hydrogens is 450 g/mol. The summed E-state index contributed by atoms with van der Waals surface area (Å²) in [5.41, 5.74) is 0.561. The molecule has 2 saturated carbocycles. The number of nitrogens with one attached hydrogen (secondary N) is 1. The number of aromatic nitrogens is 3. The molecule has 172 valence electrons. The van der Waals surface area contributed by atoms with E-state index in [0.717, 1.165) is 23.8 Å². The number of anilines is 1. The average Bonchev–Trinajstić information content (AvgIpc) is 3.74. The van der Waals surface area contributed by atoms with Crippen molar-refractivity contribution in [3.8, 4) is 0 Å². The second-order valence-electron chi connectivity index (χ2n) is 8.51. The summed E-state index contributed by atoms with van der Waals surface area (Å²) in [4.78, 5) is 13.0. The fourth-order valence-electron chi connectivity index (χ4n) is 3.77. The van der Waals surface area contributed by atoms with Crippen molar-refractivity contribution in [3.63, 3.8) is 0 Å². The molecule has 0 spiro atoms. The number of hydrogen-bond donors (Lipinski definition) is 1. The Morgan fingerprint density at radius 1 is 1.12 bits per heavy atom. The Kier molecular flexibility index (Phi) is 5.99. The van der Waals surface area contributed by atoms with Gasteiger partial charge in [0.2, 0.25) is 15.9 Å². The number of ether oxygens (including phenoxy) is 1. The van der Waals surface area contributed by atoms with Gasteiger partial charge in [0, 0.05) is 30.7 Å². The molecule has 3 fully saturated rings. The van der Waals surface area contributed by atoms with Gasteiger partial charge in [-0.05, 0) is 56.9 Å². The largest absolute Gasteiger partial charge is 0.379 e. The fourth-order valence-corrected chi connectivity index (χ4v) is 6.10. The molecule has 1 saturated heterocycles. The molecule has 2 heterocycles. The SMILES string of the molecule is CC(Sc1nnc(C2CC2)n1C1CC1)C(=O)Nc1ccc(S(=O)(=O)N2CCOCC2)cc1. The lowest BCUT2D eigenvalue weighted by Crippen LogP contribution is -2.40. The molecule has 1 unspecified atom stereocenters. The number of amides is 1. The molecule has 1 amide bonds. The highest BCUT2D eigenvalue weighted by Crippen LogP contribution is 2.46. The number of carbonyl (C=O) groups is 1. The van der Waals surface area contributed by atoms with Crippen molar-refractivity contribution in [3.05, 3.63) is 30.1 Å². The van der Waals surface area contributed by atoms with Crippen molar-refractivity contribution in [1.29, 1.82) is 0 Å². The lowest BCUT2D eigenvalue weighted by molar-refractivity contribution is -0.115. The first-order valence-electron chi connectivity index (χ1n) is 11.0. The number of sulfonamides is 1. The van der Waals surface area contributed by atoms with Crippen molar-refractivity contribution in [2.24, 2.45) is 0 Å². The monoisotopic (exact) mass is 477 g/mol. The van der Waals surface area contributed by atoms with E-state index < -0.39 is 10.0 Å². The van der Waals surface area contributed by atoms with Crippen LogP contribution in [0.25, 0.3) is 0 Å². The Labute approximate surface area is 192 Å². The summed E-state index contributed by atoms with van der Waals surface area (Å²) in [5, 5.41) is 12.1. The van der Waals surface area contributed by atoms with E-state index >= 15 is 0 Å². The molecular formula is C21H27N5O4S2. The Morgan fingerprint density at radius 3 is 2.44 bits per heavy atom. The molecule has 0 bridgehead atoms. The zero-order chi connectivity index (χ0) is 22.3. The predicted octanol–water partition coefficient (Wildman–Crippen LogP) is 2.63. The predicted molar refractivity (Wildman–Crippen MR) is 120 cm³/mol. The number of thioether (sulfide) groups is 1. The molecule has 2 aliphatic carbocycles. The Bertz CT molecular complexity index is 1090. The van der Waals surface area contributed by atoms with E-state index in [4.69, 9.17) is 4.74 Å². The second kappa shape index (κ2) is 8.77. The van der Waals surface area contributed by atoms with Gasteiger partial charge >= 0.3 is 0 Å². The van der Waals surface area contributed by atoms with E-state index in [1.807, 2.05) is 6.92 Å². The van der Waals surface area contributed by atoms with Crippen molar-refractivity contribution in [1.82, 2.24) is 19.1 Å². The number of benzene rings is 1. The van der Waals surface area contributed by atoms with Crippen LogP contribution in [0.1, 0.15) is 50.4 Å². The first-order chi connectivity index (χ1) is 15.4. The number of carbonyl (C=O) groups excluding carboxylic acids is 1. The molecule has 3 aliphatic rings. The van der Waals surface area contributed by atoms with Gasteiger partial charge < -0.3 is 14.6 Å². The van der Waals surface area contributed by atoms with E-state index in [-0.39, 0.29) is 16.1 Å². The smallest absolute Gasteiger partial charge is 0.243 e. The minimum Gasteiger partial charge on any atom is -0.379 e. The molecule has 1 aliphatic heterocycles. The second-order valence-corrected chi connectivity index (χ2v) is 11.8. The third-order valence-corrected chi connectivity index (χ3v) is 8.90. The highest BCUT2D eigenvalue weighted by molar-refractivity contribution is 8.00. The molecule has 9 nitrogen and oxygen atoms in total. The van der Waals surface area contributed by atoms with Crippen LogP contribution in [0, 0.1) is 0 Å². The summed E-state index contributed by atoms with van der Waals surface area (Å²) in [6.07, 6.45) is 4.63. The van der Waals surface area contributed by atoms with Gasteiger partial charge in [-0.3, -0.25) is 4.79 Å². The van der Waals surface area contributed by atoms with Crippen molar-refractivity contribution in [2.45, 2.75) is 59.9 Å². The van der Waals surface area contributed by atoms with Crippen LogP contribution in [0.5, 0.6) is 0 Å². The van der Waals surface area contributed by atoms with Crippen LogP contribution < -0.4 is 5.32 Å². The quantitative estimate of drug-likeness (QED) is 0.583. The van der Waals surface area contributed by atoms with E-state index in [1.54, 1.807) is 12.1 Å². The van der Waals surface area contributed by atoms with Crippen LogP contribution in [0.15, 0.2) is 34.3 Å². The molecule has 2 aromatic rings. The number of morpholine rings is 1. The van der Waals surface area contributed by atoms with Gasteiger partial charge in [0.1, 0.15) is 5.82 Å². The minimum absolute atomic E-state index is 0.155. The topological polar surface area (TPSA) is 106 Å². The van der Waals surface area contributed by atoms with Gasteiger partial charge in [-0.25, -0.2) is 8.42 Å². The minimum atomic E-state index is -3.55. The molecule has 1 atom stereocenters. The number of hydrogen-bond acceptors (Lipinski definition) is 7. The average molecular weight is 478 g/mol. The van der Waals surface area contributed by atoms with Gasteiger partial charge in [-0.15, -0.1) is 10.2 Å². The summed E-state index contributed by atoms with van der Waals surface area (Å²) in [7, 11) is -3.55. The fraction of sp³-hybridized carbons (Fsp3) is 0.571. The third-order valence-electron chi connectivity index (χ3n) is 5.93. The van der Waals surface area contributed by atoms with Crippen LogP contribution in [0.2, 0.25) is 0 Å². The Morgan fingerprint density at radius 2 is 1.81 bits per heavy atom. The molecule has 32 heavy (non-hydrogen) atoms. The molecule has 11 heteroatoms. The first kappa shape index (κ1) is 21.9. The maximum Gasteiger partial charge on any atom is 0.243 e. The number of rotatable bonds is 8. The lowest BCUT2D eigenvalue weighted by Gasteiger charge is -2.26. The molecule has 0 radical (unpaired) electrons. The molecule has 5 rings (SSSR count). The lowest BCUT2D eigenvalue weighted by atomic mass is 10.3. The van der Waals surface area contributed by atoms with Crippen molar-refractivity contribution in [2.75, 3.05) is 31.6 Å². The van der Waals surface area contributed by atoms with Gasteiger partial charge in [0.05, 0.1) is 23.4 Å². The zero-order valence-electron chi connectivity index (χ0n) is 17.9. The van der Waals surface area contributed by atoms with E-state index in [1.165, 1.54) is 41.0 Å². The van der Waals surface area contributed by atoms with Crippen molar-refractivity contribution < 1.29 is 17.9 Å². The normalized spacial score (nSPS) is 20.8.